The molecule has 0 radical (unpaired) electrons. The zero-order valence-electron chi connectivity index (χ0n) is 19.2. The van der Waals surface area contributed by atoms with E-state index >= 15 is 0 Å². The molecular formula is C25H35N3O4. The third-order valence-electron chi connectivity index (χ3n) is 7.02. The molecule has 1 aromatic rings. The van der Waals surface area contributed by atoms with E-state index in [0.29, 0.717) is 50.2 Å². The van der Waals surface area contributed by atoms with Gasteiger partial charge in [-0.2, -0.15) is 0 Å². The van der Waals surface area contributed by atoms with Crippen LogP contribution in [0.3, 0.4) is 0 Å². The van der Waals surface area contributed by atoms with E-state index in [-0.39, 0.29) is 23.9 Å². The zero-order chi connectivity index (χ0) is 22.7. The number of hydrogen-bond acceptors (Lipinski definition) is 4. The monoisotopic (exact) mass is 441 g/mol. The topological polar surface area (TPSA) is 70.2 Å². The zero-order valence-corrected chi connectivity index (χ0v) is 19.2. The van der Waals surface area contributed by atoms with E-state index in [1.807, 2.05) is 54.0 Å². The van der Waals surface area contributed by atoms with Gasteiger partial charge in [-0.05, 0) is 43.2 Å². The lowest BCUT2D eigenvalue weighted by molar-refractivity contribution is -0.137. The van der Waals surface area contributed by atoms with Crippen LogP contribution in [-0.4, -0.2) is 77.5 Å². The number of ether oxygens (including phenoxy) is 1. The van der Waals surface area contributed by atoms with Crippen molar-refractivity contribution in [3.05, 3.63) is 35.9 Å². The fraction of sp³-hybridized carbons (Fsp3) is 0.640. The van der Waals surface area contributed by atoms with E-state index in [1.54, 1.807) is 4.90 Å². The highest BCUT2D eigenvalue weighted by Crippen LogP contribution is 2.41. The summed E-state index contributed by atoms with van der Waals surface area (Å²) in [4.78, 5) is 44.7. The maximum atomic E-state index is 13.6. The lowest BCUT2D eigenvalue weighted by Crippen LogP contribution is -2.56. The van der Waals surface area contributed by atoms with Crippen LogP contribution in [0.25, 0.3) is 0 Å². The summed E-state index contributed by atoms with van der Waals surface area (Å²) in [6, 6.07) is 9.06. The van der Waals surface area contributed by atoms with Crippen molar-refractivity contribution in [1.29, 1.82) is 0 Å². The van der Waals surface area contributed by atoms with Crippen molar-refractivity contribution in [2.45, 2.75) is 58.0 Å². The lowest BCUT2D eigenvalue weighted by atomic mass is 9.84. The molecule has 3 amide bonds. The van der Waals surface area contributed by atoms with Gasteiger partial charge in [-0.15, -0.1) is 0 Å². The number of likely N-dealkylation sites (tertiary alicyclic amines) is 1. The Labute approximate surface area is 190 Å². The smallest absolute Gasteiger partial charge is 0.409 e. The van der Waals surface area contributed by atoms with Crippen molar-refractivity contribution < 1.29 is 19.1 Å². The van der Waals surface area contributed by atoms with Crippen molar-refractivity contribution in [2.75, 3.05) is 32.8 Å². The number of carbonyl (C=O) groups is 3. The first-order valence-corrected chi connectivity index (χ1v) is 12.0. The number of benzene rings is 1. The van der Waals surface area contributed by atoms with Crippen LogP contribution in [0.4, 0.5) is 4.79 Å². The van der Waals surface area contributed by atoms with Crippen LogP contribution in [0.2, 0.25) is 0 Å². The molecule has 2 saturated heterocycles. The minimum atomic E-state index is -0.407. The normalized spacial score (nSPS) is 25.6. The number of hydrogen-bond donors (Lipinski definition) is 0. The van der Waals surface area contributed by atoms with Crippen LogP contribution in [0.15, 0.2) is 30.3 Å². The van der Waals surface area contributed by atoms with Gasteiger partial charge in [0.1, 0.15) is 6.04 Å². The molecule has 2 aliphatic heterocycles. The van der Waals surface area contributed by atoms with Crippen molar-refractivity contribution in [3.8, 4) is 0 Å². The Balaban J connectivity index is 1.43. The van der Waals surface area contributed by atoms with Gasteiger partial charge in [0.05, 0.1) is 6.61 Å². The van der Waals surface area contributed by atoms with Crippen molar-refractivity contribution >= 4 is 17.9 Å². The predicted octanol–water partition coefficient (Wildman–Crippen LogP) is 3.40. The Morgan fingerprint density at radius 3 is 2.31 bits per heavy atom. The van der Waals surface area contributed by atoms with E-state index in [1.165, 1.54) is 6.42 Å². The molecule has 3 aliphatic rings. The minimum absolute atomic E-state index is 0.0267. The molecule has 1 saturated carbocycles. The minimum Gasteiger partial charge on any atom is -0.449 e. The molecule has 1 aromatic carbocycles. The largest absolute Gasteiger partial charge is 0.449 e. The molecule has 7 heteroatoms. The van der Waals surface area contributed by atoms with Gasteiger partial charge < -0.3 is 19.4 Å². The Bertz CT molecular complexity index is 820. The summed E-state index contributed by atoms with van der Waals surface area (Å²) in [5, 5.41) is 0. The first kappa shape index (κ1) is 22.6. The molecule has 7 nitrogen and oxygen atoms in total. The number of piperazine rings is 1. The predicted molar refractivity (Wildman–Crippen MR) is 121 cm³/mol. The standard InChI is InChI=1S/C25H35N3O4/c1-18(2)17-32-25(31)27-14-12-26(13-15-27)24(30)22-16-20-10-6-7-11-21(20)28(22)23(29)19-8-4-3-5-9-19/h3-5,8-9,18,20-22H,6-7,10-17H2,1-2H3. The van der Waals surface area contributed by atoms with Gasteiger partial charge in [-0.1, -0.05) is 44.9 Å². The third-order valence-corrected chi connectivity index (χ3v) is 7.02. The summed E-state index contributed by atoms with van der Waals surface area (Å²) in [5.41, 5.74) is 0.647. The third kappa shape index (κ3) is 4.76. The van der Waals surface area contributed by atoms with Crippen LogP contribution in [0.1, 0.15) is 56.3 Å². The molecule has 0 aromatic heterocycles. The highest BCUT2D eigenvalue weighted by Gasteiger charge is 2.48. The summed E-state index contributed by atoms with van der Waals surface area (Å²) in [6.07, 6.45) is 4.78. The van der Waals surface area contributed by atoms with Crippen LogP contribution < -0.4 is 0 Å². The van der Waals surface area contributed by atoms with Crippen LogP contribution in [0.5, 0.6) is 0 Å². The summed E-state index contributed by atoms with van der Waals surface area (Å²) < 4.78 is 5.33. The Kier molecular flexibility index (Phi) is 7.01. The number of rotatable bonds is 4. The van der Waals surface area contributed by atoms with Crippen LogP contribution in [0, 0.1) is 11.8 Å². The van der Waals surface area contributed by atoms with Crippen LogP contribution in [-0.2, 0) is 9.53 Å². The first-order valence-electron chi connectivity index (χ1n) is 12.0. The molecule has 4 rings (SSSR count). The Morgan fingerprint density at radius 1 is 0.969 bits per heavy atom. The molecule has 174 valence electrons. The lowest BCUT2D eigenvalue weighted by Gasteiger charge is -2.38. The SMILES string of the molecule is CC(C)COC(=O)N1CCN(C(=O)C2CC3CCCCC3N2C(=O)c2ccccc2)CC1. The van der Waals surface area contributed by atoms with Crippen LogP contribution >= 0.6 is 0 Å². The molecule has 1 aliphatic carbocycles. The highest BCUT2D eigenvalue weighted by atomic mass is 16.6. The number of fused-ring (bicyclic) bond motifs is 1. The van der Waals surface area contributed by atoms with Gasteiger partial charge in [-0.25, -0.2) is 4.79 Å². The van der Waals surface area contributed by atoms with E-state index in [4.69, 9.17) is 4.74 Å². The maximum Gasteiger partial charge on any atom is 0.409 e. The average Bonchev–Trinajstić information content (AvgIpc) is 3.21. The van der Waals surface area contributed by atoms with Gasteiger partial charge >= 0.3 is 6.09 Å². The second kappa shape index (κ2) is 9.92. The van der Waals surface area contributed by atoms with E-state index < -0.39 is 6.04 Å². The molecule has 3 fully saturated rings. The quantitative estimate of drug-likeness (QED) is 0.718. The van der Waals surface area contributed by atoms with Crippen molar-refractivity contribution in [3.63, 3.8) is 0 Å². The molecule has 0 N–H and O–H groups in total. The fourth-order valence-electron chi connectivity index (χ4n) is 5.35. The highest BCUT2D eigenvalue weighted by molar-refractivity contribution is 5.98. The summed E-state index contributed by atoms with van der Waals surface area (Å²) in [7, 11) is 0. The van der Waals surface area contributed by atoms with E-state index in [2.05, 4.69) is 0 Å². The number of carbonyl (C=O) groups excluding carboxylic acids is 3. The van der Waals surface area contributed by atoms with E-state index in [0.717, 1.165) is 25.7 Å². The van der Waals surface area contributed by atoms with Gasteiger partial charge in [0.2, 0.25) is 5.91 Å². The summed E-state index contributed by atoms with van der Waals surface area (Å²) in [6.45, 7) is 6.31. The van der Waals surface area contributed by atoms with Crippen molar-refractivity contribution in [2.24, 2.45) is 11.8 Å². The fourth-order valence-corrected chi connectivity index (χ4v) is 5.35. The molecule has 32 heavy (non-hydrogen) atoms. The molecule has 2 heterocycles. The molecule has 3 unspecified atom stereocenters. The van der Waals surface area contributed by atoms with E-state index in [9.17, 15) is 14.4 Å². The average molecular weight is 442 g/mol. The maximum absolute atomic E-state index is 13.6. The van der Waals surface area contributed by atoms with Gasteiger partial charge in [0, 0.05) is 37.8 Å². The summed E-state index contributed by atoms with van der Waals surface area (Å²) >= 11 is 0. The Morgan fingerprint density at radius 2 is 1.62 bits per heavy atom. The Hall–Kier alpha value is -2.57. The van der Waals surface area contributed by atoms with Crippen molar-refractivity contribution in [1.82, 2.24) is 14.7 Å². The second-order valence-corrected chi connectivity index (χ2v) is 9.72. The van der Waals surface area contributed by atoms with Gasteiger partial charge in [-0.3, -0.25) is 9.59 Å². The molecule has 0 bridgehead atoms. The molecular weight excluding hydrogens is 406 g/mol. The number of nitrogens with zero attached hydrogens (tertiary/aromatic N) is 3. The second-order valence-electron chi connectivity index (χ2n) is 9.72. The van der Waals surface area contributed by atoms with Gasteiger partial charge in [0.25, 0.3) is 5.91 Å². The summed E-state index contributed by atoms with van der Waals surface area (Å²) in [5.74, 6) is 0.687. The molecule has 0 spiro atoms. The molecule has 3 atom stereocenters. The van der Waals surface area contributed by atoms with Gasteiger partial charge in [0.15, 0.2) is 0 Å². The first-order chi connectivity index (χ1) is 15.5. The number of amides is 3.